The molecule has 0 unspecified atom stereocenters. The fourth-order valence-electron chi connectivity index (χ4n) is 1.86. The summed E-state index contributed by atoms with van der Waals surface area (Å²) >= 11 is 5.93. The van der Waals surface area contributed by atoms with Crippen LogP contribution < -0.4 is 10.1 Å². The maximum Gasteiger partial charge on any atom is 0.347 e. The summed E-state index contributed by atoms with van der Waals surface area (Å²) in [6.07, 6.45) is -0.902. The molecule has 2 aromatic rings. The Hall–Kier alpha value is -3.04. The molecule has 25 heavy (non-hydrogen) atoms. The highest BCUT2D eigenvalue weighted by atomic mass is 35.5. The minimum Gasteiger partial charge on any atom is -0.479 e. The van der Waals surface area contributed by atoms with E-state index in [1.165, 1.54) is 6.92 Å². The van der Waals surface area contributed by atoms with Gasteiger partial charge in [0.05, 0.1) is 22.3 Å². The summed E-state index contributed by atoms with van der Waals surface area (Å²) in [5.41, 5.74) is 0.922. The lowest BCUT2D eigenvalue weighted by molar-refractivity contribution is -0.153. The zero-order chi connectivity index (χ0) is 18.2. The summed E-state index contributed by atoms with van der Waals surface area (Å²) < 4.78 is 10.3. The van der Waals surface area contributed by atoms with Gasteiger partial charge in [0.1, 0.15) is 5.75 Å². The Morgan fingerprint density at radius 2 is 1.88 bits per heavy atom. The molecule has 1 amide bonds. The van der Waals surface area contributed by atoms with Crippen LogP contribution in [0.2, 0.25) is 5.02 Å². The second-order valence-electron chi connectivity index (χ2n) is 5.03. The molecule has 0 heterocycles. The van der Waals surface area contributed by atoms with Gasteiger partial charge in [0.25, 0.3) is 5.91 Å². The lowest BCUT2D eigenvalue weighted by atomic mass is 10.2. The first-order valence-electron chi connectivity index (χ1n) is 7.37. The Morgan fingerprint density at radius 1 is 1.20 bits per heavy atom. The van der Waals surface area contributed by atoms with Crippen molar-refractivity contribution in [3.8, 4) is 11.8 Å². The van der Waals surface area contributed by atoms with Crippen molar-refractivity contribution in [2.75, 3.05) is 11.9 Å². The van der Waals surface area contributed by atoms with Gasteiger partial charge in [0.15, 0.2) is 12.7 Å². The third kappa shape index (κ3) is 5.52. The number of ether oxygens (including phenoxy) is 2. The van der Waals surface area contributed by atoms with Gasteiger partial charge in [-0.2, -0.15) is 5.26 Å². The summed E-state index contributed by atoms with van der Waals surface area (Å²) in [4.78, 5) is 23.7. The Kier molecular flexibility index (Phi) is 6.38. The second kappa shape index (κ2) is 8.71. The molecule has 0 spiro atoms. The molecule has 0 aliphatic heterocycles. The standard InChI is InChI=1S/C18H15ClN2O4/c1-12(25-14-8-6-13(10-20)7-9-14)18(23)24-11-17(22)21-16-5-3-2-4-15(16)19/h2-9,12H,11H2,1H3,(H,21,22)/t12-/m0/s1. The largest absolute Gasteiger partial charge is 0.479 e. The van der Waals surface area contributed by atoms with Crippen molar-refractivity contribution in [3.05, 3.63) is 59.1 Å². The van der Waals surface area contributed by atoms with E-state index in [4.69, 9.17) is 26.3 Å². The fourth-order valence-corrected chi connectivity index (χ4v) is 2.05. The Labute approximate surface area is 149 Å². The number of rotatable bonds is 6. The number of amides is 1. The predicted molar refractivity (Wildman–Crippen MR) is 92.3 cm³/mol. The first-order valence-corrected chi connectivity index (χ1v) is 7.75. The number of anilines is 1. The van der Waals surface area contributed by atoms with Gasteiger partial charge in [-0.1, -0.05) is 23.7 Å². The van der Waals surface area contributed by atoms with Crippen LogP contribution in [0.15, 0.2) is 48.5 Å². The minimum absolute atomic E-state index is 0.389. The molecule has 2 aromatic carbocycles. The van der Waals surface area contributed by atoms with Gasteiger partial charge >= 0.3 is 5.97 Å². The zero-order valence-electron chi connectivity index (χ0n) is 13.4. The molecule has 128 valence electrons. The molecule has 0 radical (unpaired) electrons. The number of carbonyl (C=O) groups is 2. The number of carbonyl (C=O) groups excluding carboxylic acids is 2. The number of para-hydroxylation sites is 1. The van der Waals surface area contributed by atoms with Crippen molar-refractivity contribution >= 4 is 29.2 Å². The molecule has 7 heteroatoms. The molecule has 1 atom stereocenters. The van der Waals surface area contributed by atoms with E-state index in [0.717, 1.165) is 0 Å². The smallest absolute Gasteiger partial charge is 0.347 e. The summed E-state index contributed by atoms with van der Waals surface area (Å²) in [6.45, 7) is 1.05. The van der Waals surface area contributed by atoms with Crippen molar-refractivity contribution in [2.45, 2.75) is 13.0 Å². The Balaban J connectivity index is 1.81. The number of nitriles is 1. The van der Waals surface area contributed by atoms with Gasteiger partial charge in [-0.05, 0) is 43.3 Å². The molecular formula is C18H15ClN2O4. The molecule has 0 saturated heterocycles. The van der Waals surface area contributed by atoms with Crippen LogP contribution >= 0.6 is 11.6 Å². The normalized spacial score (nSPS) is 11.1. The van der Waals surface area contributed by atoms with Crippen molar-refractivity contribution < 1.29 is 19.1 Å². The van der Waals surface area contributed by atoms with Crippen LogP contribution in [0.3, 0.4) is 0 Å². The van der Waals surface area contributed by atoms with Crippen molar-refractivity contribution in [3.63, 3.8) is 0 Å². The molecule has 6 nitrogen and oxygen atoms in total. The molecule has 0 aliphatic carbocycles. The van der Waals surface area contributed by atoms with E-state index in [-0.39, 0.29) is 0 Å². The molecule has 0 fully saturated rings. The summed E-state index contributed by atoms with van der Waals surface area (Å²) in [6, 6.07) is 15.0. The highest BCUT2D eigenvalue weighted by molar-refractivity contribution is 6.33. The lowest BCUT2D eigenvalue weighted by Gasteiger charge is -2.14. The van der Waals surface area contributed by atoms with Crippen LogP contribution in [-0.2, 0) is 14.3 Å². The van der Waals surface area contributed by atoms with Gasteiger partial charge in [-0.15, -0.1) is 0 Å². The van der Waals surface area contributed by atoms with E-state index >= 15 is 0 Å². The highest BCUT2D eigenvalue weighted by Crippen LogP contribution is 2.20. The predicted octanol–water partition coefficient (Wildman–Crippen LogP) is 3.16. The number of benzene rings is 2. The van der Waals surface area contributed by atoms with Crippen LogP contribution in [0.1, 0.15) is 12.5 Å². The molecular weight excluding hydrogens is 344 g/mol. The van der Waals surface area contributed by atoms with Crippen molar-refractivity contribution in [1.82, 2.24) is 0 Å². The zero-order valence-corrected chi connectivity index (χ0v) is 14.1. The second-order valence-corrected chi connectivity index (χ2v) is 5.44. The molecule has 0 bridgehead atoms. The lowest BCUT2D eigenvalue weighted by Crippen LogP contribution is -2.29. The monoisotopic (exact) mass is 358 g/mol. The molecule has 0 aliphatic rings. The quantitative estimate of drug-likeness (QED) is 0.801. The van der Waals surface area contributed by atoms with E-state index in [0.29, 0.717) is 22.0 Å². The maximum absolute atomic E-state index is 11.9. The molecule has 1 N–H and O–H groups in total. The molecule has 0 saturated carbocycles. The topological polar surface area (TPSA) is 88.4 Å². The first kappa shape index (κ1) is 18.3. The van der Waals surface area contributed by atoms with Crippen LogP contribution in [0.5, 0.6) is 5.75 Å². The van der Waals surface area contributed by atoms with Gasteiger partial charge in [-0.3, -0.25) is 4.79 Å². The first-order chi connectivity index (χ1) is 12.0. The van der Waals surface area contributed by atoms with E-state index in [2.05, 4.69) is 5.32 Å². The van der Waals surface area contributed by atoms with E-state index in [1.807, 2.05) is 6.07 Å². The third-order valence-corrected chi connectivity index (χ3v) is 3.45. The van der Waals surface area contributed by atoms with E-state index < -0.39 is 24.6 Å². The number of nitrogens with one attached hydrogen (secondary N) is 1. The van der Waals surface area contributed by atoms with Gasteiger partial charge in [-0.25, -0.2) is 4.79 Å². The maximum atomic E-state index is 11.9. The molecule has 0 aromatic heterocycles. The van der Waals surface area contributed by atoms with Gasteiger partial charge < -0.3 is 14.8 Å². The number of halogens is 1. The van der Waals surface area contributed by atoms with E-state index in [9.17, 15) is 9.59 Å². The third-order valence-electron chi connectivity index (χ3n) is 3.12. The van der Waals surface area contributed by atoms with Crippen molar-refractivity contribution in [2.24, 2.45) is 0 Å². The van der Waals surface area contributed by atoms with Crippen LogP contribution in [0.25, 0.3) is 0 Å². The average Bonchev–Trinajstić information content (AvgIpc) is 2.62. The average molecular weight is 359 g/mol. The van der Waals surface area contributed by atoms with Crippen LogP contribution in [0.4, 0.5) is 5.69 Å². The number of esters is 1. The van der Waals surface area contributed by atoms with Crippen LogP contribution in [-0.4, -0.2) is 24.6 Å². The fraction of sp³-hybridized carbons (Fsp3) is 0.167. The molecule has 2 rings (SSSR count). The van der Waals surface area contributed by atoms with Crippen molar-refractivity contribution in [1.29, 1.82) is 5.26 Å². The summed E-state index contributed by atoms with van der Waals surface area (Å²) in [7, 11) is 0. The summed E-state index contributed by atoms with van der Waals surface area (Å²) in [5.74, 6) is -0.769. The Bertz CT molecular complexity index is 799. The highest BCUT2D eigenvalue weighted by Gasteiger charge is 2.18. The Morgan fingerprint density at radius 3 is 2.52 bits per heavy atom. The number of hydrogen-bond acceptors (Lipinski definition) is 5. The SMILES string of the molecule is C[C@H](Oc1ccc(C#N)cc1)C(=O)OCC(=O)Nc1ccccc1Cl. The number of hydrogen-bond donors (Lipinski definition) is 1. The van der Waals surface area contributed by atoms with E-state index in [1.54, 1.807) is 48.5 Å². The van der Waals surface area contributed by atoms with Gasteiger partial charge in [0, 0.05) is 0 Å². The van der Waals surface area contributed by atoms with Gasteiger partial charge in [0.2, 0.25) is 0 Å². The summed E-state index contributed by atoms with van der Waals surface area (Å²) in [5, 5.41) is 11.7. The number of nitrogens with zero attached hydrogens (tertiary/aromatic N) is 1. The van der Waals surface area contributed by atoms with Crippen LogP contribution in [0, 0.1) is 11.3 Å². The minimum atomic E-state index is -0.902.